The number of rotatable bonds is 10. The Kier molecular flexibility index (Phi) is 8.62. The van der Waals surface area contributed by atoms with Crippen LogP contribution in [0.25, 0.3) is 16.3 Å². The Bertz CT molecular complexity index is 1180. The quantitative estimate of drug-likeness (QED) is 0.216. The summed E-state index contributed by atoms with van der Waals surface area (Å²) in [6.45, 7) is 6.65. The third kappa shape index (κ3) is 5.87. The van der Waals surface area contributed by atoms with Crippen LogP contribution in [0.15, 0.2) is 94.9 Å². The van der Waals surface area contributed by atoms with Crippen molar-refractivity contribution in [1.29, 1.82) is 0 Å². The number of allylic oxidation sites excluding steroid dienone is 6. The minimum atomic E-state index is 1.08. The summed E-state index contributed by atoms with van der Waals surface area (Å²) in [6.07, 6.45) is 20.0. The van der Waals surface area contributed by atoms with Crippen molar-refractivity contribution < 1.29 is 4.57 Å². The molecule has 33 heavy (non-hydrogen) atoms. The molecule has 0 spiro atoms. The molecule has 2 heterocycles. The van der Waals surface area contributed by atoms with E-state index in [1.165, 1.54) is 56.5 Å². The van der Waals surface area contributed by atoms with Crippen LogP contribution in [0.1, 0.15) is 44.5 Å². The second-order valence-corrected chi connectivity index (χ2v) is 10.2. The lowest BCUT2D eigenvalue weighted by Crippen LogP contribution is -2.34. The molecule has 0 radical (unpaired) electrons. The van der Waals surface area contributed by atoms with E-state index in [1.807, 2.05) is 23.1 Å². The van der Waals surface area contributed by atoms with Crippen molar-refractivity contribution >= 4 is 45.1 Å². The van der Waals surface area contributed by atoms with Gasteiger partial charge in [-0.25, -0.2) is 0 Å². The third-order valence-corrected chi connectivity index (χ3v) is 7.93. The first-order chi connectivity index (χ1) is 16.3. The standard InChI is InChI=1S/C29H33N2S2/c1-3-5-22-30-24-16-12-14-18-26(24)32-28(30)20-10-8-7-9-11-21-29-31(23-6-4-2)25-17-13-15-19-27(25)33-29/h7-21H,3-6,22-23H2,1-2H3/q+1. The lowest BCUT2D eigenvalue weighted by atomic mass is 10.2. The summed E-state index contributed by atoms with van der Waals surface area (Å²) in [5, 5.41) is 2.62. The molecule has 4 heteroatoms. The molecular weight excluding hydrogens is 440 g/mol. The number of hydrogen-bond acceptors (Lipinski definition) is 3. The van der Waals surface area contributed by atoms with Gasteiger partial charge >= 0.3 is 0 Å². The largest absolute Gasteiger partial charge is 0.335 e. The van der Waals surface area contributed by atoms with Crippen LogP contribution in [-0.2, 0) is 6.54 Å². The number of nitrogens with zero attached hydrogens (tertiary/aromatic N) is 2. The van der Waals surface area contributed by atoms with Crippen molar-refractivity contribution in [3.63, 3.8) is 0 Å². The van der Waals surface area contributed by atoms with Crippen molar-refractivity contribution in [2.75, 3.05) is 11.4 Å². The Morgan fingerprint density at radius 1 is 0.848 bits per heavy atom. The number of aromatic nitrogens is 1. The molecule has 1 aliphatic rings. The van der Waals surface area contributed by atoms with Gasteiger partial charge in [-0.3, -0.25) is 0 Å². The van der Waals surface area contributed by atoms with Gasteiger partial charge in [-0.2, -0.15) is 4.57 Å². The Morgan fingerprint density at radius 2 is 1.61 bits per heavy atom. The monoisotopic (exact) mass is 473 g/mol. The van der Waals surface area contributed by atoms with Gasteiger partial charge in [-0.15, -0.1) is 0 Å². The second kappa shape index (κ2) is 12.1. The molecule has 0 N–H and O–H groups in total. The molecule has 0 unspecified atom stereocenters. The van der Waals surface area contributed by atoms with Gasteiger partial charge < -0.3 is 4.90 Å². The highest BCUT2D eigenvalue weighted by Crippen LogP contribution is 2.45. The molecule has 0 saturated carbocycles. The molecule has 4 rings (SSSR count). The van der Waals surface area contributed by atoms with E-state index in [-0.39, 0.29) is 0 Å². The summed E-state index contributed by atoms with van der Waals surface area (Å²) in [5.41, 5.74) is 2.68. The van der Waals surface area contributed by atoms with E-state index in [9.17, 15) is 0 Å². The number of aryl methyl sites for hydroxylation is 1. The van der Waals surface area contributed by atoms with Gasteiger partial charge in [0.05, 0.1) is 10.7 Å². The van der Waals surface area contributed by atoms with Gasteiger partial charge in [0.2, 0.25) is 5.52 Å². The van der Waals surface area contributed by atoms with Gasteiger partial charge in [-0.1, -0.05) is 104 Å². The van der Waals surface area contributed by atoms with Crippen LogP contribution >= 0.6 is 23.1 Å². The number of benzene rings is 2. The molecule has 1 aromatic heterocycles. The van der Waals surface area contributed by atoms with E-state index in [0.717, 1.165) is 13.1 Å². The molecule has 0 atom stereocenters. The van der Waals surface area contributed by atoms with Crippen molar-refractivity contribution in [3.8, 4) is 0 Å². The third-order valence-electron chi connectivity index (χ3n) is 5.67. The fourth-order valence-corrected chi connectivity index (χ4v) is 6.12. The smallest absolute Gasteiger partial charge is 0.262 e. The number of unbranched alkanes of at least 4 members (excludes halogenated alkanes) is 2. The fraction of sp³-hybridized carbons (Fsp3) is 0.276. The fourth-order valence-electron chi connectivity index (χ4n) is 3.92. The molecule has 3 aromatic rings. The zero-order valence-corrected chi connectivity index (χ0v) is 21.2. The maximum atomic E-state index is 2.45. The van der Waals surface area contributed by atoms with E-state index < -0.39 is 0 Å². The van der Waals surface area contributed by atoms with Crippen LogP contribution in [0.3, 0.4) is 0 Å². The first kappa shape index (κ1) is 23.6. The van der Waals surface area contributed by atoms with Crippen LogP contribution in [-0.4, -0.2) is 6.54 Å². The van der Waals surface area contributed by atoms with Gasteiger partial charge in [0.1, 0.15) is 4.70 Å². The van der Waals surface area contributed by atoms with Crippen LogP contribution in [0, 0.1) is 0 Å². The number of para-hydroxylation sites is 2. The van der Waals surface area contributed by atoms with Crippen molar-refractivity contribution in [3.05, 3.63) is 95.0 Å². The molecule has 2 nitrogen and oxygen atoms in total. The second-order valence-electron chi connectivity index (χ2n) is 8.12. The zero-order chi connectivity index (χ0) is 22.9. The molecule has 0 bridgehead atoms. The van der Waals surface area contributed by atoms with Crippen molar-refractivity contribution in [1.82, 2.24) is 0 Å². The van der Waals surface area contributed by atoms with Gasteiger partial charge in [0.15, 0.2) is 6.54 Å². The van der Waals surface area contributed by atoms with Gasteiger partial charge in [0, 0.05) is 30.0 Å². The maximum absolute atomic E-state index is 2.45. The normalized spacial score (nSPS) is 15.2. The molecule has 0 aliphatic carbocycles. The van der Waals surface area contributed by atoms with E-state index in [4.69, 9.17) is 0 Å². The van der Waals surface area contributed by atoms with Gasteiger partial charge in [-0.05, 0) is 30.7 Å². The number of anilines is 1. The summed E-state index contributed by atoms with van der Waals surface area (Å²) in [7, 11) is 0. The number of thioether (sulfide) groups is 1. The predicted octanol–water partition coefficient (Wildman–Crippen LogP) is 8.37. The Balaban J connectivity index is 1.41. The average molecular weight is 474 g/mol. The highest BCUT2D eigenvalue weighted by molar-refractivity contribution is 8.03. The summed E-state index contributed by atoms with van der Waals surface area (Å²) < 4.78 is 3.81. The highest BCUT2D eigenvalue weighted by atomic mass is 32.2. The topological polar surface area (TPSA) is 7.12 Å². The van der Waals surface area contributed by atoms with E-state index >= 15 is 0 Å². The highest BCUT2D eigenvalue weighted by Gasteiger charge is 2.23. The number of thiazole rings is 1. The van der Waals surface area contributed by atoms with Crippen molar-refractivity contribution in [2.24, 2.45) is 0 Å². The van der Waals surface area contributed by atoms with Crippen LogP contribution < -0.4 is 9.47 Å². The lowest BCUT2D eigenvalue weighted by molar-refractivity contribution is -0.669. The molecule has 0 saturated heterocycles. The van der Waals surface area contributed by atoms with E-state index in [1.54, 1.807) is 0 Å². The molecule has 0 fully saturated rings. The molecular formula is C29H33N2S2+. The summed E-state index contributed by atoms with van der Waals surface area (Å²) in [4.78, 5) is 3.81. The van der Waals surface area contributed by atoms with Crippen molar-refractivity contribution in [2.45, 2.75) is 51.0 Å². The average Bonchev–Trinajstić information content (AvgIpc) is 3.38. The predicted molar refractivity (Wildman–Crippen MR) is 147 cm³/mol. The van der Waals surface area contributed by atoms with Gasteiger partial charge in [0.25, 0.3) is 5.01 Å². The van der Waals surface area contributed by atoms with Crippen LogP contribution in [0.2, 0.25) is 0 Å². The van der Waals surface area contributed by atoms with E-state index in [0.29, 0.717) is 0 Å². The molecule has 0 amide bonds. The maximum Gasteiger partial charge on any atom is 0.262 e. The number of fused-ring (bicyclic) bond motifs is 2. The summed E-state index contributed by atoms with van der Waals surface area (Å²) in [5.74, 6) is 0. The zero-order valence-electron chi connectivity index (χ0n) is 19.6. The Labute approximate surface area is 206 Å². The summed E-state index contributed by atoms with van der Waals surface area (Å²) >= 11 is 3.73. The molecule has 2 aromatic carbocycles. The van der Waals surface area contributed by atoms with Crippen LogP contribution in [0.4, 0.5) is 5.69 Å². The Hall–Kier alpha value is -2.56. The molecule has 170 valence electrons. The van der Waals surface area contributed by atoms with E-state index in [2.05, 4.69) is 114 Å². The minimum absolute atomic E-state index is 1.08. The summed E-state index contributed by atoms with van der Waals surface area (Å²) in [6, 6.07) is 17.4. The number of hydrogen-bond donors (Lipinski definition) is 0. The minimum Gasteiger partial charge on any atom is -0.335 e. The first-order valence-corrected chi connectivity index (χ1v) is 13.6. The lowest BCUT2D eigenvalue weighted by Gasteiger charge is -2.19. The first-order valence-electron chi connectivity index (χ1n) is 12.0. The Morgan fingerprint density at radius 3 is 2.48 bits per heavy atom. The van der Waals surface area contributed by atoms with Crippen LogP contribution in [0.5, 0.6) is 0 Å². The molecule has 1 aliphatic heterocycles. The SMILES string of the molecule is CCCCN1/C(=C/C=C/C=C/C=C/c2sc3ccccc3[n+]2CCCC)Sc2ccccc21.